The van der Waals surface area contributed by atoms with Gasteiger partial charge in [-0.3, -0.25) is 0 Å². The van der Waals surface area contributed by atoms with Crippen molar-refractivity contribution in [1.82, 2.24) is 4.98 Å². The third-order valence-electron chi connectivity index (χ3n) is 1.62. The summed E-state index contributed by atoms with van der Waals surface area (Å²) in [5.74, 6) is -5.28. The number of carbonyl (C=O) groups excluding carboxylic acids is 1. The Morgan fingerprint density at radius 1 is 1.67 bits per heavy atom. The molecule has 0 aromatic carbocycles. The van der Waals surface area contributed by atoms with E-state index in [4.69, 9.17) is 11.6 Å². The molecule has 0 spiro atoms. The van der Waals surface area contributed by atoms with Gasteiger partial charge in [-0.2, -0.15) is 8.78 Å². The van der Waals surface area contributed by atoms with Gasteiger partial charge in [0.05, 0.1) is 6.61 Å². The first-order valence-electron chi connectivity index (χ1n) is 4.15. The van der Waals surface area contributed by atoms with Crippen LogP contribution in [0, 0.1) is 0 Å². The molecule has 0 unspecified atom stereocenters. The summed E-state index contributed by atoms with van der Waals surface area (Å²) in [6, 6.07) is 1.95. The third-order valence-corrected chi connectivity index (χ3v) is 1.83. The summed E-state index contributed by atoms with van der Waals surface area (Å²) in [5, 5.41) is -0.100. The van der Waals surface area contributed by atoms with Crippen LogP contribution in [0.4, 0.5) is 8.78 Å². The molecule has 1 rings (SSSR count). The van der Waals surface area contributed by atoms with Crippen LogP contribution >= 0.6 is 11.6 Å². The Kier molecular flexibility index (Phi) is 3.57. The highest BCUT2D eigenvalue weighted by Crippen LogP contribution is 2.30. The Hall–Kier alpha value is -1.23. The monoisotopic (exact) mass is 235 g/mol. The van der Waals surface area contributed by atoms with Gasteiger partial charge in [0.2, 0.25) is 0 Å². The minimum atomic E-state index is -3.69. The molecule has 0 aliphatic heterocycles. The van der Waals surface area contributed by atoms with E-state index in [0.29, 0.717) is 0 Å². The van der Waals surface area contributed by atoms with Gasteiger partial charge in [0.1, 0.15) is 5.15 Å². The molecule has 0 saturated carbocycles. The number of hydrogen-bond acceptors (Lipinski definition) is 3. The van der Waals surface area contributed by atoms with Crippen LogP contribution in [0.5, 0.6) is 0 Å². The summed E-state index contributed by atoms with van der Waals surface area (Å²) < 4.78 is 31.0. The number of hydrogen-bond donors (Lipinski definition) is 0. The number of aromatic nitrogens is 1. The molecule has 0 amide bonds. The lowest BCUT2D eigenvalue weighted by Crippen LogP contribution is -2.28. The van der Waals surface area contributed by atoms with Gasteiger partial charge in [-0.15, -0.1) is 0 Å². The smallest absolute Gasteiger partial charge is 0.381 e. The normalized spacial score (nSPS) is 11.2. The molecular formula is C9H8ClF2NO2. The molecule has 0 N–H and O–H groups in total. The Morgan fingerprint density at radius 3 is 2.87 bits per heavy atom. The molecule has 0 fully saturated rings. The maximum Gasteiger partial charge on any atom is 0.381 e. The van der Waals surface area contributed by atoms with Gasteiger partial charge in [0.25, 0.3) is 0 Å². The van der Waals surface area contributed by atoms with E-state index < -0.39 is 17.5 Å². The average molecular weight is 236 g/mol. The van der Waals surface area contributed by atoms with Crippen LogP contribution in [0.15, 0.2) is 18.3 Å². The van der Waals surface area contributed by atoms with Gasteiger partial charge in [-0.1, -0.05) is 11.6 Å². The second-order valence-electron chi connectivity index (χ2n) is 2.66. The fourth-order valence-corrected chi connectivity index (χ4v) is 1.11. The van der Waals surface area contributed by atoms with Crippen LogP contribution in [0.25, 0.3) is 0 Å². The lowest BCUT2D eigenvalue weighted by Gasteiger charge is -2.14. The summed E-state index contributed by atoms with van der Waals surface area (Å²) >= 11 is 5.44. The van der Waals surface area contributed by atoms with E-state index in [1.54, 1.807) is 0 Å². The van der Waals surface area contributed by atoms with Gasteiger partial charge >= 0.3 is 11.9 Å². The lowest BCUT2D eigenvalue weighted by molar-refractivity contribution is -0.173. The minimum Gasteiger partial charge on any atom is -0.461 e. The number of alkyl halides is 2. The van der Waals surface area contributed by atoms with Gasteiger partial charge in [0.15, 0.2) is 0 Å². The number of rotatable bonds is 3. The molecule has 15 heavy (non-hydrogen) atoms. The van der Waals surface area contributed by atoms with E-state index in [9.17, 15) is 13.6 Å². The van der Waals surface area contributed by atoms with E-state index in [1.807, 2.05) is 0 Å². The maximum absolute atomic E-state index is 13.4. The number of carbonyl (C=O) groups is 1. The summed E-state index contributed by atoms with van der Waals surface area (Å²) in [5.41, 5.74) is -0.527. The molecular weight excluding hydrogens is 228 g/mol. The topological polar surface area (TPSA) is 39.2 Å². The number of ether oxygens (including phenoxy) is 1. The van der Waals surface area contributed by atoms with Crippen molar-refractivity contribution in [3.8, 4) is 0 Å². The largest absolute Gasteiger partial charge is 0.461 e. The van der Waals surface area contributed by atoms with Crippen molar-refractivity contribution in [2.24, 2.45) is 0 Å². The quantitative estimate of drug-likeness (QED) is 0.597. The van der Waals surface area contributed by atoms with Crippen molar-refractivity contribution in [2.45, 2.75) is 12.8 Å². The van der Waals surface area contributed by atoms with Gasteiger partial charge in [-0.25, -0.2) is 9.78 Å². The van der Waals surface area contributed by atoms with Gasteiger partial charge in [-0.05, 0) is 19.1 Å². The fourth-order valence-electron chi connectivity index (χ4n) is 0.937. The van der Waals surface area contributed by atoms with E-state index in [1.165, 1.54) is 6.92 Å². The standard InChI is InChI=1S/C9H8ClF2NO2/c1-2-15-8(14)9(11,12)6-3-4-13-7(10)5-6/h3-5H,2H2,1H3. The molecule has 0 radical (unpaired) electrons. The zero-order valence-electron chi connectivity index (χ0n) is 7.84. The van der Waals surface area contributed by atoms with Crippen molar-refractivity contribution < 1.29 is 18.3 Å². The predicted octanol–water partition coefficient (Wildman–Crippen LogP) is 2.39. The zero-order valence-corrected chi connectivity index (χ0v) is 8.59. The molecule has 1 aromatic rings. The molecule has 0 aliphatic rings. The predicted molar refractivity (Wildman–Crippen MR) is 49.8 cm³/mol. The highest BCUT2D eigenvalue weighted by Gasteiger charge is 2.42. The first-order chi connectivity index (χ1) is 6.98. The molecule has 1 heterocycles. The van der Waals surface area contributed by atoms with E-state index >= 15 is 0 Å². The van der Waals surface area contributed by atoms with Crippen LogP contribution in [0.3, 0.4) is 0 Å². The molecule has 0 bridgehead atoms. The van der Waals surface area contributed by atoms with Crippen LogP contribution in [-0.4, -0.2) is 17.6 Å². The van der Waals surface area contributed by atoms with Crippen LogP contribution < -0.4 is 0 Å². The molecule has 6 heteroatoms. The average Bonchev–Trinajstić information content (AvgIpc) is 2.18. The Bertz CT molecular complexity index is 371. The van der Waals surface area contributed by atoms with Gasteiger partial charge in [0, 0.05) is 11.8 Å². The summed E-state index contributed by atoms with van der Waals surface area (Å²) in [7, 11) is 0. The number of esters is 1. The molecule has 3 nitrogen and oxygen atoms in total. The molecule has 0 aliphatic carbocycles. The lowest BCUT2D eigenvalue weighted by atomic mass is 10.1. The van der Waals surface area contributed by atoms with Crippen molar-refractivity contribution in [3.63, 3.8) is 0 Å². The van der Waals surface area contributed by atoms with Gasteiger partial charge < -0.3 is 4.74 Å². The highest BCUT2D eigenvalue weighted by molar-refractivity contribution is 6.29. The number of nitrogens with zero attached hydrogens (tertiary/aromatic N) is 1. The van der Waals surface area contributed by atoms with E-state index in [2.05, 4.69) is 9.72 Å². The summed E-state index contributed by atoms with van der Waals surface area (Å²) in [6.07, 6.45) is 1.10. The molecule has 82 valence electrons. The van der Waals surface area contributed by atoms with Crippen molar-refractivity contribution in [2.75, 3.05) is 6.61 Å². The summed E-state index contributed by atoms with van der Waals surface area (Å²) in [6.45, 7) is 1.35. The van der Waals surface area contributed by atoms with E-state index in [-0.39, 0.29) is 11.8 Å². The third kappa shape index (κ3) is 2.62. The SMILES string of the molecule is CCOC(=O)C(F)(F)c1ccnc(Cl)c1. The van der Waals surface area contributed by atoms with Crippen LogP contribution in [-0.2, 0) is 15.5 Å². The highest BCUT2D eigenvalue weighted by atomic mass is 35.5. The minimum absolute atomic E-state index is 0.100. The molecule has 1 aromatic heterocycles. The molecule has 0 atom stereocenters. The fraction of sp³-hybridized carbons (Fsp3) is 0.333. The Balaban J connectivity index is 2.99. The summed E-state index contributed by atoms with van der Waals surface area (Å²) in [4.78, 5) is 14.5. The van der Waals surface area contributed by atoms with Crippen LogP contribution in [0.1, 0.15) is 12.5 Å². The van der Waals surface area contributed by atoms with E-state index in [0.717, 1.165) is 18.3 Å². The Labute approximate surface area is 90.0 Å². The van der Waals surface area contributed by atoms with Crippen molar-refractivity contribution >= 4 is 17.6 Å². The maximum atomic E-state index is 13.4. The Morgan fingerprint density at radius 2 is 2.33 bits per heavy atom. The first kappa shape index (κ1) is 11.8. The second-order valence-corrected chi connectivity index (χ2v) is 3.05. The second kappa shape index (κ2) is 4.53. The number of halogens is 3. The molecule has 0 saturated heterocycles. The van der Waals surface area contributed by atoms with Crippen LogP contribution in [0.2, 0.25) is 5.15 Å². The number of pyridine rings is 1. The first-order valence-corrected chi connectivity index (χ1v) is 4.53. The van der Waals surface area contributed by atoms with Crippen molar-refractivity contribution in [1.29, 1.82) is 0 Å². The zero-order chi connectivity index (χ0) is 11.5. The van der Waals surface area contributed by atoms with Crippen molar-refractivity contribution in [3.05, 3.63) is 29.0 Å².